The van der Waals surface area contributed by atoms with E-state index in [4.69, 9.17) is 0 Å². The molecule has 0 aromatic heterocycles. The van der Waals surface area contributed by atoms with Gasteiger partial charge in [-0.15, -0.1) is 0 Å². The lowest BCUT2D eigenvalue weighted by Gasteiger charge is -2.24. The molecule has 114 valence electrons. The van der Waals surface area contributed by atoms with Crippen LogP contribution in [0.2, 0.25) is 0 Å². The lowest BCUT2D eigenvalue weighted by Crippen LogP contribution is -2.43. The molecule has 0 spiro atoms. The van der Waals surface area contributed by atoms with E-state index in [0.29, 0.717) is 11.6 Å². The summed E-state index contributed by atoms with van der Waals surface area (Å²) >= 11 is 0. The van der Waals surface area contributed by atoms with Crippen molar-refractivity contribution in [1.29, 1.82) is 0 Å². The number of hydrogen-bond acceptors (Lipinski definition) is 2. The second-order valence-electron chi connectivity index (χ2n) is 6.85. The first kappa shape index (κ1) is 13.8. The minimum atomic E-state index is 0.374. The first-order chi connectivity index (χ1) is 10.8. The van der Waals surface area contributed by atoms with E-state index in [2.05, 4.69) is 70.9 Å². The average molecular weight is 292 g/mol. The Morgan fingerprint density at radius 3 is 2.32 bits per heavy atom. The molecule has 2 aromatic carbocycles. The van der Waals surface area contributed by atoms with Gasteiger partial charge in [0.25, 0.3) is 0 Å². The van der Waals surface area contributed by atoms with Gasteiger partial charge < -0.3 is 10.2 Å². The SMILES string of the molecule is c1ccc(CC2(NC3CCN(c4ccccc4)C3)CC2)cc1. The Morgan fingerprint density at radius 2 is 1.64 bits per heavy atom. The maximum Gasteiger partial charge on any atom is 0.0366 e. The van der Waals surface area contributed by atoms with Crippen molar-refractivity contribution in [2.24, 2.45) is 0 Å². The molecule has 22 heavy (non-hydrogen) atoms. The van der Waals surface area contributed by atoms with Crippen molar-refractivity contribution in [3.05, 3.63) is 66.2 Å². The van der Waals surface area contributed by atoms with E-state index < -0.39 is 0 Å². The molecule has 2 fully saturated rings. The van der Waals surface area contributed by atoms with E-state index >= 15 is 0 Å². The predicted octanol–water partition coefficient (Wildman–Crippen LogP) is 3.63. The number of benzene rings is 2. The normalized spacial score (nSPS) is 22.7. The van der Waals surface area contributed by atoms with Gasteiger partial charge in [0.1, 0.15) is 0 Å². The number of rotatable bonds is 5. The van der Waals surface area contributed by atoms with Crippen LogP contribution in [-0.4, -0.2) is 24.7 Å². The molecule has 1 N–H and O–H groups in total. The first-order valence-electron chi connectivity index (χ1n) is 8.45. The molecule has 1 heterocycles. The summed E-state index contributed by atoms with van der Waals surface area (Å²) in [4.78, 5) is 2.51. The Hall–Kier alpha value is -1.80. The fraction of sp³-hybridized carbons (Fsp3) is 0.400. The summed E-state index contributed by atoms with van der Waals surface area (Å²) in [5, 5.41) is 3.97. The highest BCUT2D eigenvalue weighted by atomic mass is 15.2. The molecule has 0 radical (unpaired) electrons. The Bertz CT molecular complexity index is 604. The Balaban J connectivity index is 1.36. The molecule has 2 aromatic rings. The van der Waals surface area contributed by atoms with Gasteiger partial charge in [-0.05, 0) is 43.4 Å². The van der Waals surface area contributed by atoms with Gasteiger partial charge in [0.05, 0.1) is 0 Å². The fourth-order valence-corrected chi connectivity index (χ4v) is 3.69. The molecule has 1 aliphatic carbocycles. The van der Waals surface area contributed by atoms with Crippen LogP contribution in [0.3, 0.4) is 0 Å². The highest BCUT2D eigenvalue weighted by molar-refractivity contribution is 5.47. The average Bonchev–Trinajstić information content (AvgIpc) is 3.15. The Kier molecular flexibility index (Phi) is 3.63. The molecule has 0 bridgehead atoms. The summed E-state index contributed by atoms with van der Waals surface area (Å²) in [6, 6.07) is 22.3. The second kappa shape index (κ2) is 5.77. The maximum atomic E-state index is 3.97. The monoisotopic (exact) mass is 292 g/mol. The number of nitrogens with zero attached hydrogens (tertiary/aromatic N) is 1. The molecule has 1 saturated carbocycles. The van der Waals surface area contributed by atoms with E-state index in [-0.39, 0.29) is 0 Å². The van der Waals surface area contributed by atoms with Crippen LogP contribution < -0.4 is 10.2 Å². The largest absolute Gasteiger partial charge is 0.370 e. The van der Waals surface area contributed by atoms with E-state index in [1.807, 2.05) is 0 Å². The fourth-order valence-electron chi connectivity index (χ4n) is 3.69. The topological polar surface area (TPSA) is 15.3 Å². The van der Waals surface area contributed by atoms with Crippen molar-refractivity contribution >= 4 is 5.69 Å². The van der Waals surface area contributed by atoms with Gasteiger partial charge in [0, 0.05) is 30.4 Å². The summed E-state index contributed by atoms with van der Waals surface area (Å²) in [5.74, 6) is 0. The van der Waals surface area contributed by atoms with Crippen LogP contribution in [0.4, 0.5) is 5.69 Å². The zero-order valence-electron chi connectivity index (χ0n) is 13.0. The van der Waals surface area contributed by atoms with Crippen LogP contribution in [0, 0.1) is 0 Å². The van der Waals surface area contributed by atoms with Crippen molar-refractivity contribution < 1.29 is 0 Å². The zero-order chi connectivity index (χ0) is 14.8. The van der Waals surface area contributed by atoms with Gasteiger partial charge in [0.2, 0.25) is 0 Å². The molecular formula is C20H24N2. The third-order valence-electron chi connectivity index (χ3n) is 5.06. The van der Waals surface area contributed by atoms with Crippen molar-refractivity contribution in [3.8, 4) is 0 Å². The molecule has 2 aliphatic rings. The van der Waals surface area contributed by atoms with Crippen molar-refractivity contribution in [1.82, 2.24) is 5.32 Å². The Labute approximate surface area is 133 Å². The van der Waals surface area contributed by atoms with Crippen LogP contribution in [0.1, 0.15) is 24.8 Å². The van der Waals surface area contributed by atoms with E-state index in [0.717, 1.165) is 6.54 Å². The van der Waals surface area contributed by atoms with Gasteiger partial charge in [-0.25, -0.2) is 0 Å². The highest BCUT2D eigenvalue weighted by Crippen LogP contribution is 2.40. The van der Waals surface area contributed by atoms with Crippen LogP contribution in [0.15, 0.2) is 60.7 Å². The second-order valence-corrected chi connectivity index (χ2v) is 6.85. The van der Waals surface area contributed by atoms with Crippen LogP contribution >= 0.6 is 0 Å². The number of hydrogen-bond donors (Lipinski definition) is 1. The van der Waals surface area contributed by atoms with Crippen LogP contribution in [-0.2, 0) is 6.42 Å². The Morgan fingerprint density at radius 1 is 0.955 bits per heavy atom. The standard InChI is InChI=1S/C20H24N2/c1-3-7-17(8-4-1)15-20(12-13-20)21-18-11-14-22(16-18)19-9-5-2-6-10-19/h1-10,18,21H,11-16H2. The third kappa shape index (κ3) is 3.02. The molecular weight excluding hydrogens is 268 g/mol. The molecule has 1 aliphatic heterocycles. The summed E-state index contributed by atoms with van der Waals surface area (Å²) in [6.07, 6.45) is 5.08. The quantitative estimate of drug-likeness (QED) is 0.905. The number of anilines is 1. The predicted molar refractivity (Wildman–Crippen MR) is 92.3 cm³/mol. The van der Waals surface area contributed by atoms with E-state index in [9.17, 15) is 0 Å². The summed E-state index contributed by atoms with van der Waals surface area (Å²) < 4.78 is 0. The zero-order valence-corrected chi connectivity index (χ0v) is 13.0. The molecule has 0 amide bonds. The van der Waals surface area contributed by atoms with E-state index in [1.54, 1.807) is 0 Å². The molecule has 4 rings (SSSR count). The maximum absolute atomic E-state index is 3.97. The molecule has 1 atom stereocenters. The highest BCUT2D eigenvalue weighted by Gasteiger charge is 2.44. The van der Waals surface area contributed by atoms with Gasteiger partial charge in [-0.3, -0.25) is 0 Å². The van der Waals surface area contributed by atoms with Crippen LogP contribution in [0.5, 0.6) is 0 Å². The summed E-state index contributed by atoms with van der Waals surface area (Å²) in [7, 11) is 0. The van der Waals surface area contributed by atoms with Gasteiger partial charge >= 0.3 is 0 Å². The minimum absolute atomic E-state index is 0.374. The smallest absolute Gasteiger partial charge is 0.0366 e. The van der Waals surface area contributed by atoms with Gasteiger partial charge in [-0.1, -0.05) is 48.5 Å². The van der Waals surface area contributed by atoms with Gasteiger partial charge in [0.15, 0.2) is 0 Å². The summed E-state index contributed by atoms with van der Waals surface area (Å²) in [6.45, 7) is 2.31. The lowest BCUT2D eigenvalue weighted by molar-refractivity contribution is 0.426. The van der Waals surface area contributed by atoms with E-state index in [1.165, 1.54) is 43.5 Å². The minimum Gasteiger partial charge on any atom is -0.370 e. The van der Waals surface area contributed by atoms with Gasteiger partial charge in [-0.2, -0.15) is 0 Å². The molecule has 1 saturated heterocycles. The van der Waals surface area contributed by atoms with Crippen molar-refractivity contribution in [2.75, 3.05) is 18.0 Å². The van der Waals surface area contributed by atoms with Crippen molar-refractivity contribution in [3.63, 3.8) is 0 Å². The number of para-hydroxylation sites is 1. The molecule has 1 unspecified atom stereocenters. The van der Waals surface area contributed by atoms with Crippen LogP contribution in [0.25, 0.3) is 0 Å². The third-order valence-corrected chi connectivity index (χ3v) is 5.06. The molecule has 2 nitrogen and oxygen atoms in total. The number of nitrogens with one attached hydrogen (secondary N) is 1. The lowest BCUT2D eigenvalue weighted by atomic mass is 10.0. The molecule has 2 heteroatoms. The summed E-state index contributed by atoms with van der Waals surface area (Å²) in [5.41, 5.74) is 3.20. The first-order valence-corrected chi connectivity index (χ1v) is 8.45. The van der Waals surface area contributed by atoms with Crippen molar-refractivity contribution in [2.45, 2.75) is 37.3 Å².